The van der Waals surface area contributed by atoms with Crippen molar-refractivity contribution in [1.82, 2.24) is 4.98 Å². The van der Waals surface area contributed by atoms with E-state index in [2.05, 4.69) is 9.72 Å². The van der Waals surface area contributed by atoms with E-state index < -0.39 is 5.97 Å². The number of ether oxygens (including phenoxy) is 1. The highest BCUT2D eigenvalue weighted by molar-refractivity contribution is 7.16. The Hall–Kier alpha value is -2.21. The van der Waals surface area contributed by atoms with E-state index in [1.165, 1.54) is 7.11 Å². The van der Waals surface area contributed by atoms with Gasteiger partial charge in [-0.05, 0) is 31.2 Å². The molecule has 2 rings (SSSR count). The maximum Gasteiger partial charge on any atom is 0.348 e. The summed E-state index contributed by atoms with van der Waals surface area (Å²) < 4.78 is 4.64. The SMILES string of the molecule is CCN(C(=O)c1ccc(C(=O)OC)s1)c1ccncc1. The van der Waals surface area contributed by atoms with Crippen LogP contribution in [0, 0.1) is 0 Å². The Morgan fingerprint density at radius 3 is 2.45 bits per heavy atom. The summed E-state index contributed by atoms with van der Waals surface area (Å²) in [6, 6.07) is 6.79. The van der Waals surface area contributed by atoms with Crippen LogP contribution in [0.5, 0.6) is 0 Å². The van der Waals surface area contributed by atoms with Crippen molar-refractivity contribution in [2.45, 2.75) is 6.92 Å². The molecule has 2 aromatic heterocycles. The number of amides is 1. The van der Waals surface area contributed by atoms with Crippen LogP contribution >= 0.6 is 11.3 Å². The first kappa shape index (κ1) is 14.2. The molecule has 6 heteroatoms. The van der Waals surface area contributed by atoms with Gasteiger partial charge in [0.25, 0.3) is 5.91 Å². The Labute approximate surface area is 120 Å². The summed E-state index contributed by atoms with van der Waals surface area (Å²) in [7, 11) is 1.32. The van der Waals surface area contributed by atoms with Crippen LogP contribution in [0.15, 0.2) is 36.7 Å². The minimum atomic E-state index is -0.430. The maximum absolute atomic E-state index is 12.5. The fourth-order valence-electron chi connectivity index (χ4n) is 1.76. The number of aromatic nitrogens is 1. The number of hydrogen-bond acceptors (Lipinski definition) is 5. The standard InChI is InChI=1S/C14H14N2O3S/c1-3-16(10-6-8-15-9-7-10)13(17)11-4-5-12(20-11)14(18)19-2/h4-9H,3H2,1-2H3. The van der Waals surface area contributed by atoms with Crippen molar-refractivity contribution in [1.29, 1.82) is 0 Å². The van der Waals surface area contributed by atoms with Crippen molar-refractivity contribution in [3.05, 3.63) is 46.4 Å². The molecule has 104 valence electrons. The summed E-state index contributed by atoms with van der Waals surface area (Å²) >= 11 is 1.13. The van der Waals surface area contributed by atoms with E-state index in [0.29, 0.717) is 16.3 Å². The van der Waals surface area contributed by atoms with E-state index in [1.54, 1.807) is 41.6 Å². The zero-order chi connectivity index (χ0) is 14.5. The summed E-state index contributed by atoms with van der Waals surface area (Å²) in [5.74, 6) is -0.570. The molecule has 2 aromatic rings. The summed E-state index contributed by atoms with van der Waals surface area (Å²) in [5, 5.41) is 0. The van der Waals surface area contributed by atoms with Crippen LogP contribution in [0.25, 0.3) is 0 Å². The van der Waals surface area contributed by atoms with E-state index in [1.807, 2.05) is 6.92 Å². The number of nitrogens with zero attached hydrogens (tertiary/aromatic N) is 2. The number of pyridine rings is 1. The number of esters is 1. The van der Waals surface area contributed by atoms with Crippen LogP contribution in [0.2, 0.25) is 0 Å². The van der Waals surface area contributed by atoms with Crippen LogP contribution in [-0.2, 0) is 4.74 Å². The summed E-state index contributed by atoms with van der Waals surface area (Å²) in [6.07, 6.45) is 3.28. The molecule has 2 heterocycles. The number of anilines is 1. The molecule has 1 amide bonds. The van der Waals surface area contributed by atoms with Gasteiger partial charge in [0.1, 0.15) is 4.88 Å². The maximum atomic E-state index is 12.5. The Morgan fingerprint density at radius 2 is 1.85 bits per heavy atom. The molecule has 5 nitrogen and oxygen atoms in total. The summed E-state index contributed by atoms with van der Waals surface area (Å²) in [4.78, 5) is 30.4. The van der Waals surface area contributed by atoms with Gasteiger partial charge in [-0.15, -0.1) is 11.3 Å². The quantitative estimate of drug-likeness (QED) is 0.812. The molecule has 0 bridgehead atoms. The van der Waals surface area contributed by atoms with Crippen molar-refractivity contribution >= 4 is 28.9 Å². The van der Waals surface area contributed by atoms with Crippen molar-refractivity contribution in [2.24, 2.45) is 0 Å². The Bertz CT molecular complexity index is 610. The van der Waals surface area contributed by atoms with Gasteiger partial charge in [-0.3, -0.25) is 9.78 Å². The highest BCUT2D eigenvalue weighted by Gasteiger charge is 2.19. The Kier molecular flexibility index (Phi) is 4.47. The number of methoxy groups -OCH3 is 1. The first-order valence-electron chi connectivity index (χ1n) is 6.07. The van der Waals surface area contributed by atoms with E-state index in [0.717, 1.165) is 17.0 Å². The fourth-order valence-corrected chi connectivity index (χ4v) is 2.64. The second kappa shape index (κ2) is 6.29. The molecule has 0 spiro atoms. The molecule has 0 aliphatic heterocycles. The Morgan fingerprint density at radius 1 is 1.20 bits per heavy atom. The van der Waals surface area contributed by atoms with Gasteiger partial charge in [0.15, 0.2) is 0 Å². The van der Waals surface area contributed by atoms with Gasteiger partial charge in [-0.2, -0.15) is 0 Å². The van der Waals surface area contributed by atoms with Gasteiger partial charge in [0.2, 0.25) is 0 Å². The average molecular weight is 290 g/mol. The highest BCUT2D eigenvalue weighted by atomic mass is 32.1. The lowest BCUT2D eigenvalue weighted by Crippen LogP contribution is -2.29. The zero-order valence-corrected chi connectivity index (χ0v) is 12.0. The largest absolute Gasteiger partial charge is 0.465 e. The lowest BCUT2D eigenvalue weighted by molar-refractivity contribution is 0.0606. The summed E-state index contributed by atoms with van der Waals surface area (Å²) in [5.41, 5.74) is 0.778. The van der Waals surface area contributed by atoms with Crippen LogP contribution in [0.1, 0.15) is 26.3 Å². The van der Waals surface area contributed by atoms with Gasteiger partial charge < -0.3 is 9.64 Å². The number of hydrogen-bond donors (Lipinski definition) is 0. The third-order valence-corrected chi connectivity index (χ3v) is 3.79. The van der Waals surface area contributed by atoms with E-state index in [9.17, 15) is 9.59 Å². The van der Waals surface area contributed by atoms with E-state index in [4.69, 9.17) is 0 Å². The summed E-state index contributed by atoms with van der Waals surface area (Å²) in [6.45, 7) is 2.43. The fraction of sp³-hybridized carbons (Fsp3) is 0.214. The van der Waals surface area contributed by atoms with E-state index >= 15 is 0 Å². The van der Waals surface area contributed by atoms with Crippen LogP contribution in [0.4, 0.5) is 5.69 Å². The molecule has 0 aliphatic rings. The average Bonchev–Trinajstić information content (AvgIpc) is 2.98. The van der Waals surface area contributed by atoms with Crippen molar-refractivity contribution in [3.8, 4) is 0 Å². The molecule has 0 saturated heterocycles. The molecule has 0 N–H and O–H groups in total. The molecular formula is C14H14N2O3S. The number of carbonyl (C=O) groups excluding carboxylic acids is 2. The van der Waals surface area contributed by atoms with Gasteiger partial charge in [-0.25, -0.2) is 4.79 Å². The van der Waals surface area contributed by atoms with E-state index in [-0.39, 0.29) is 5.91 Å². The van der Waals surface area contributed by atoms with Gasteiger partial charge >= 0.3 is 5.97 Å². The predicted molar refractivity (Wildman–Crippen MR) is 77.2 cm³/mol. The van der Waals surface area contributed by atoms with Gasteiger partial charge in [0, 0.05) is 24.6 Å². The number of carbonyl (C=O) groups is 2. The third kappa shape index (κ3) is 2.85. The van der Waals surface area contributed by atoms with Crippen molar-refractivity contribution < 1.29 is 14.3 Å². The Balaban J connectivity index is 2.25. The number of thiophene rings is 1. The minimum Gasteiger partial charge on any atom is -0.465 e. The zero-order valence-electron chi connectivity index (χ0n) is 11.2. The lowest BCUT2D eigenvalue weighted by Gasteiger charge is -2.19. The minimum absolute atomic E-state index is 0.140. The molecular weight excluding hydrogens is 276 g/mol. The predicted octanol–water partition coefficient (Wildman–Crippen LogP) is 2.60. The van der Waals surface area contributed by atoms with Gasteiger partial charge in [0.05, 0.1) is 12.0 Å². The highest BCUT2D eigenvalue weighted by Crippen LogP contribution is 2.22. The first-order chi connectivity index (χ1) is 9.67. The topological polar surface area (TPSA) is 59.5 Å². The molecule has 0 atom stereocenters. The molecule has 0 aromatic carbocycles. The lowest BCUT2D eigenvalue weighted by atomic mass is 10.3. The number of rotatable bonds is 4. The molecule has 0 unspecified atom stereocenters. The molecule has 0 fully saturated rings. The van der Waals surface area contributed by atoms with Crippen molar-refractivity contribution in [2.75, 3.05) is 18.6 Å². The molecule has 0 saturated carbocycles. The molecule has 0 radical (unpaired) electrons. The van der Waals surface area contributed by atoms with Crippen LogP contribution < -0.4 is 4.90 Å². The second-order valence-corrected chi connectivity index (χ2v) is 4.99. The van der Waals surface area contributed by atoms with Crippen LogP contribution in [0.3, 0.4) is 0 Å². The normalized spacial score (nSPS) is 10.1. The smallest absolute Gasteiger partial charge is 0.348 e. The van der Waals surface area contributed by atoms with Gasteiger partial charge in [-0.1, -0.05) is 0 Å². The second-order valence-electron chi connectivity index (χ2n) is 3.91. The van der Waals surface area contributed by atoms with Crippen LogP contribution in [-0.4, -0.2) is 30.5 Å². The first-order valence-corrected chi connectivity index (χ1v) is 6.89. The van der Waals surface area contributed by atoms with Crippen molar-refractivity contribution in [3.63, 3.8) is 0 Å². The molecule has 20 heavy (non-hydrogen) atoms. The monoisotopic (exact) mass is 290 g/mol. The molecule has 0 aliphatic carbocycles. The third-order valence-electron chi connectivity index (χ3n) is 2.74.